The average molecular weight is 604 g/mol. The van der Waals surface area contributed by atoms with Crippen LogP contribution in [0, 0.1) is 0 Å². The first-order valence-corrected chi connectivity index (χ1v) is 15.6. The minimum absolute atomic E-state index is 0.0572. The van der Waals surface area contributed by atoms with Crippen LogP contribution in [0.25, 0.3) is 98.4 Å². The first kappa shape index (κ1) is 20.0. The molecule has 0 saturated heterocycles. The Balaban J connectivity index is 1.24. The van der Waals surface area contributed by atoms with Gasteiger partial charge in [0.1, 0.15) is 11.2 Å². The van der Waals surface area contributed by atoms with Gasteiger partial charge in [0.15, 0.2) is 0 Å². The van der Waals surface area contributed by atoms with Crippen molar-refractivity contribution in [3.05, 3.63) is 170 Å². The normalized spacial score (nSPS) is 13.9. The second-order valence-corrected chi connectivity index (χ2v) is 11.9. The molecule has 0 radical (unpaired) electrons. The quantitative estimate of drug-likeness (QED) is 0.183. The smallest absolute Gasteiger partial charge is 0.143 e. The zero-order valence-corrected chi connectivity index (χ0v) is 25.0. The molecule has 0 aliphatic heterocycles. The monoisotopic (exact) mass is 603 g/mol. The van der Waals surface area contributed by atoms with E-state index in [0.717, 1.165) is 76.5 Å². The van der Waals surface area contributed by atoms with E-state index in [4.69, 9.17) is 14.0 Å². The van der Waals surface area contributed by atoms with Crippen molar-refractivity contribution in [1.82, 2.24) is 0 Å². The van der Waals surface area contributed by atoms with Gasteiger partial charge in [-0.2, -0.15) is 0 Å². The standard InChI is InChI=1S/C46H28O/c1-3-16-34-29(11-1)13-10-22-35(34)31-14-9-15-32(27-31)44-37-18-5-7-20-39(37)45(40-21-8-6-19-38(40)44)33-24-26-43-42(28-33)41-25-23-30-12-2-4-17-36(30)46(41)47-43/h1-28H/i1D,3D,10D,11D,13D,16D,22D. The number of furan rings is 1. The van der Waals surface area contributed by atoms with Gasteiger partial charge in [-0.05, 0) is 95.3 Å². The lowest BCUT2D eigenvalue weighted by atomic mass is 9.85. The van der Waals surface area contributed by atoms with Gasteiger partial charge in [0.2, 0.25) is 0 Å². The van der Waals surface area contributed by atoms with E-state index in [1.807, 2.05) is 54.6 Å². The summed E-state index contributed by atoms with van der Waals surface area (Å²) in [5.74, 6) is 0. The molecule has 0 spiro atoms. The van der Waals surface area contributed by atoms with Crippen LogP contribution in [0.5, 0.6) is 0 Å². The molecule has 10 aromatic rings. The van der Waals surface area contributed by atoms with Crippen LogP contribution in [-0.4, -0.2) is 0 Å². The first-order chi connectivity index (χ1) is 26.2. The Morgan fingerprint density at radius 1 is 0.383 bits per heavy atom. The molecule has 0 aliphatic rings. The molecule has 0 unspecified atom stereocenters. The van der Waals surface area contributed by atoms with Crippen LogP contribution in [0.3, 0.4) is 0 Å². The van der Waals surface area contributed by atoms with Crippen molar-refractivity contribution < 1.29 is 14.0 Å². The molecule has 0 atom stereocenters. The third kappa shape index (κ3) is 3.97. The predicted molar refractivity (Wildman–Crippen MR) is 200 cm³/mol. The Labute approximate surface area is 281 Å². The van der Waals surface area contributed by atoms with Gasteiger partial charge in [-0.15, -0.1) is 0 Å². The number of fused-ring (bicyclic) bond motifs is 8. The van der Waals surface area contributed by atoms with Gasteiger partial charge in [-0.1, -0.05) is 145 Å². The van der Waals surface area contributed by atoms with E-state index >= 15 is 0 Å². The van der Waals surface area contributed by atoms with Gasteiger partial charge >= 0.3 is 0 Å². The highest BCUT2D eigenvalue weighted by molar-refractivity contribution is 6.23. The average Bonchev–Trinajstić information content (AvgIpc) is 3.58. The topological polar surface area (TPSA) is 13.1 Å². The van der Waals surface area contributed by atoms with Crippen molar-refractivity contribution in [3.63, 3.8) is 0 Å². The van der Waals surface area contributed by atoms with E-state index < -0.39 is 12.1 Å². The molecule has 47 heavy (non-hydrogen) atoms. The zero-order valence-electron chi connectivity index (χ0n) is 32.0. The molecule has 0 fully saturated rings. The fraction of sp³-hybridized carbons (Fsp3) is 0. The van der Waals surface area contributed by atoms with Crippen LogP contribution in [0.4, 0.5) is 0 Å². The lowest BCUT2D eigenvalue weighted by molar-refractivity contribution is 0.672. The van der Waals surface area contributed by atoms with Crippen LogP contribution >= 0.6 is 0 Å². The summed E-state index contributed by atoms with van der Waals surface area (Å²) in [5.41, 5.74) is 6.43. The third-order valence-electron chi connectivity index (χ3n) is 9.33. The number of hydrogen-bond acceptors (Lipinski definition) is 1. The van der Waals surface area contributed by atoms with E-state index in [1.54, 1.807) is 6.07 Å². The van der Waals surface area contributed by atoms with Crippen molar-refractivity contribution in [2.24, 2.45) is 0 Å². The Bertz CT molecular complexity index is 3190. The maximum atomic E-state index is 8.98. The van der Waals surface area contributed by atoms with Gasteiger partial charge in [-0.3, -0.25) is 0 Å². The molecule has 9 aromatic carbocycles. The molecular weight excluding hydrogens is 569 g/mol. The number of rotatable bonds is 3. The Morgan fingerprint density at radius 2 is 1.02 bits per heavy atom. The minimum atomic E-state index is -0.468. The summed E-state index contributed by atoms with van der Waals surface area (Å²) in [6.07, 6.45) is 0. The fourth-order valence-electron chi connectivity index (χ4n) is 7.27. The minimum Gasteiger partial charge on any atom is -0.455 e. The van der Waals surface area contributed by atoms with Crippen LogP contribution in [0.1, 0.15) is 9.60 Å². The van der Waals surface area contributed by atoms with Crippen LogP contribution in [0.15, 0.2) is 174 Å². The maximum Gasteiger partial charge on any atom is 0.143 e. The highest BCUT2D eigenvalue weighted by Gasteiger charge is 2.19. The van der Waals surface area contributed by atoms with Gasteiger partial charge in [0.05, 0.1) is 9.60 Å². The molecule has 0 N–H and O–H groups in total. The lowest BCUT2D eigenvalue weighted by Crippen LogP contribution is -1.91. The van der Waals surface area contributed by atoms with E-state index in [0.29, 0.717) is 5.56 Å². The Kier molecular flexibility index (Phi) is 4.34. The lowest BCUT2D eigenvalue weighted by Gasteiger charge is -2.18. The zero-order chi connectivity index (χ0) is 37.0. The van der Waals surface area contributed by atoms with E-state index in [9.17, 15) is 0 Å². The van der Waals surface area contributed by atoms with E-state index in [2.05, 4.69) is 66.7 Å². The molecule has 1 heterocycles. The van der Waals surface area contributed by atoms with Crippen molar-refractivity contribution in [3.8, 4) is 33.4 Å². The SMILES string of the molecule is [2H]c1c([2H])c([2H])c2c(-c3cccc(-c4c5ccccc5c(-c5ccc6oc7c8ccccc8ccc7c6c5)c5ccccc45)c3)c([2H])c([2H])c([2H])c2c1[2H]. The van der Waals surface area contributed by atoms with Crippen LogP contribution in [0.2, 0.25) is 0 Å². The number of benzene rings is 9. The summed E-state index contributed by atoms with van der Waals surface area (Å²) in [5, 5.41) is 8.49. The first-order valence-electron chi connectivity index (χ1n) is 19.1. The molecule has 0 aliphatic carbocycles. The van der Waals surface area contributed by atoms with E-state index in [-0.39, 0.29) is 46.5 Å². The summed E-state index contributed by atoms with van der Waals surface area (Å²) in [4.78, 5) is 0. The molecule has 1 nitrogen and oxygen atoms in total. The summed E-state index contributed by atoms with van der Waals surface area (Å²) in [6, 6.07) is 40.5. The molecule has 1 aromatic heterocycles. The molecule has 1 heteroatoms. The van der Waals surface area contributed by atoms with Crippen LogP contribution in [-0.2, 0) is 0 Å². The summed E-state index contributed by atoms with van der Waals surface area (Å²) in [7, 11) is 0. The number of hydrogen-bond donors (Lipinski definition) is 0. The summed E-state index contributed by atoms with van der Waals surface area (Å²) in [6.45, 7) is 0. The van der Waals surface area contributed by atoms with Gasteiger partial charge in [0.25, 0.3) is 0 Å². The van der Waals surface area contributed by atoms with Gasteiger partial charge in [-0.25, -0.2) is 0 Å². The van der Waals surface area contributed by atoms with Crippen molar-refractivity contribution >= 4 is 65.0 Å². The van der Waals surface area contributed by atoms with Crippen molar-refractivity contribution in [2.45, 2.75) is 0 Å². The fourth-order valence-corrected chi connectivity index (χ4v) is 7.27. The molecule has 10 rings (SSSR count). The molecule has 0 saturated carbocycles. The molecule has 218 valence electrons. The van der Waals surface area contributed by atoms with Crippen molar-refractivity contribution in [1.29, 1.82) is 0 Å². The second-order valence-electron chi connectivity index (χ2n) is 11.9. The molecule has 0 bridgehead atoms. The van der Waals surface area contributed by atoms with Crippen molar-refractivity contribution in [2.75, 3.05) is 0 Å². The largest absolute Gasteiger partial charge is 0.455 e. The third-order valence-corrected chi connectivity index (χ3v) is 9.33. The van der Waals surface area contributed by atoms with Gasteiger partial charge < -0.3 is 4.42 Å². The second kappa shape index (κ2) is 10.2. The molecular formula is C46H28O. The Morgan fingerprint density at radius 3 is 1.79 bits per heavy atom. The van der Waals surface area contributed by atoms with E-state index in [1.165, 1.54) is 0 Å². The van der Waals surface area contributed by atoms with Crippen LogP contribution < -0.4 is 0 Å². The summed E-state index contributed by atoms with van der Waals surface area (Å²) >= 11 is 0. The highest BCUT2D eigenvalue weighted by Crippen LogP contribution is 2.45. The summed E-state index contributed by atoms with van der Waals surface area (Å²) < 4.78 is 66.7. The van der Waals surface area contributed by atoms with Gasteiger partial charge in [0, 0.05) is 16.2 Å². The maximum absolute atomic E-state index is 8.98. The molecule has 0 amide bonds. The highest BCUT2D eigenvalue weighted by atomic mass is 16.3. The Hall–Kier alpha value is -6.18. The predicted octanol–water partition coefficient (Wildman–Crippen LogP) is 13.2.